The van der Waals surface area contributed by atoms with Crippen LogP contribution in [-0.4, -0.2) is 40.3 Å². The Balaban J connectivity index is 1.65. The zero-order valence-electron chi connectivity index (χ0n) is 15.1. The Labute approximate surface area is 169 Å². The van der Waals surface area contributed by atoms with Gasteiger partial charge >= 0.3 is 0 Å². The van der Waals surface area contributed by atoms with Crippen LogP contribution >= 0.6 is 22.7 Å². The number of hydrogen-bond donors (Lipinski definition) is 1. The molecule has 0 spiro atoms. The third-order valence-corrected chi connectivity index (χ3v) is 11.2. The van der Waals surface area contributed by atoms with Crippen LogP contribution in [0.1, 0.15) is 37.5 Å². The Morgan fingerprint density at radius 1 is 1.15 bits per heavy atom. The number of thiophene rings is 2. The van der Waals surface area contributed by atoms with Crippen LogP contribution in [-0.2, 0) is 26.5 Å². The van der Waals surface area contributed by atoms with E-state index >= 15 is 0 Å². The van der Waals surface area contributed by atoms with Gasteiger partial charge in [0.2, 0.25) is 10.0 Å². The van der Waals surface area contributed by atoms with Crippen LogP contribution in [0.15, 0.2) is 38.1 Å². The fourth-order valence-corrected chi connectivity index (χ4v) is 8.46. The predicted molar refractivity (Wildman–Crippen MR) is 109 cm³/mol. The van der Waals surface area contributed by atoms with Crippen molar-refractivity contribution in [3.05, 3.63) is 34.5 Å². The summed E-state index contributed by atoms with van der Waals surface area (Å²) in [5.74, 6) is 0. The third kappa shape index (κ3) is 4.80. The van der Waals surface area contributed by atoms with Crippen molar-refractivity contribution < 1.29 is 16.8 Å². The van der Waals surface area contributed by atoms with Crippen LogP contribution in [0.3, 0.4) is 0 Å². The Kier molecular flexibility index (Phi) is 6.75. The molecule has 150 valence electrons. The van der Waals surface area contributed by atoms with E-state index in [2.05, 4.69) is 4.72 Å². The summed E-state index contributed by atoms with van der Waals surface area (Å²) in [5, 5.41) is 1.76. The van der Waals surface area contributed by atoms with E-state index in [1.165, 1.54) is 22.7 Å². The molecule has 1 aliphatic heterocycles. The predicted octanol–water partition coefficient (Wildman–Crippen LogP) is 3.28. The number of nitrogens with zero attached hydrogens (tertiary/aromatic N) is 1. The smallest absolute Gasteiger partial charge is 0.210 e. The van der Waals surface area contributed by atoms with Crippen molar-refractivity contribution in [3.63, 3.8) is 0 Å². The molecule has 10 heteroatoms. The lowest BCUT2D eigenvalue weighted by Gasteiger charge is -2.34. The molecule has 0 aromatic carbocycles. The SMILES string of the molecule is CCc1ccc(S(=O)(=O)NCCC2CCCCN2S(=O)(=O)c2cccs2)s1. The first-order valence-corrected chi connectivity index (χ1v) is 13.6. The second-order valence-corrected chi connectivity index (χ2v) is 12.7. The fraction of sp³-hybridized carbons (Fsp3) is 0.529. The standard InChI is InChI=1S/C17H24N2O4S4/c1-2-15-8-9-17(25-15)26(20,21)18-11-10-14-6-3-4-12-19(14)27(22,23)16-7-5-13-24-16/h5,7-9,13-14,18H,2-4,6,10-12H2,1H3. The highest BCUT2D eigenvalue weighted by atomic mass is 32.3. The van der Waals surface area contributed by atoms with Crippen LogP contribution < -0.4 is 4.72 Å². The maximum absolute atomic E-state index is 12.9. The molecule has 1 N–H and O–H groups in total. The average Bonchev–Trinajstić information content (AvgIpc) is 3.34. The molecule has 1 fully saturated rings. The molecule has 1 unspecified atom stereocenters. The summed E-state index contributed by atoms with van der Waals surface area (Å²) >= 11 is 2.49. The Morgan fingerprint density at radius 3 is 2.63 bits per heavy atom. The maximum Gasteiger partial charge on any atom is 0.252 e. The summed E-state index contributed by atoms with van der Waals surface area (Å²) in [7, 11) is -7.05. The molecule has 0 radical (unpaired) electrons. The number of hydrogen-bond acceptors (Lipinski definition) is 6. The van der Waals surface area contributed by atoms with Crippen molar-refractivity contribution in [1.29, 1.82) is 0 Å². The van der Waals surface area contributed by atoms with Gasteiger partial charge in [-0.05, 0) is 49.3 Å². The quantitative estimate of drug-likeness (QED) is 0.672. The minimum Gasteiger partial charge on any atom is -0.210 e. The van der Waals surface area contributed by atoms with Crippen molar-refractivity contribution >= 4 is 42.7 Å². The van der Waals surface area contributed by atoms with Gasteiger partial charge in [0.1, 0.15) is 8.42 Å². The van der Waals surface area contributed by atoms with E-state index in [9.17, 15) is 16.8 Å². The first-order valence-electron chi connectivity index (χ1n) is 8.98. The van der Waals surface area contributed by atoms with Crippen LogP contribution in [0.4, 0.5) is 0 Å². The monoisotopic (exact) mass is 448 g/mol. The van der Waals surface area contributed by atoms with Crippen molar-refractivity contribution in [2.75, 3.05) is 13.1 Å². The fourth-order valence-electron chi connectivity index (χ4n) is 3.23. The Hall–Kier alpha value is -0.780. The normalized spacial score (nSPS) is 19.4. The average molecular weight is 449 g/mol. The largest absolute Gasteiger partial charge is 0.252 e. The molecule has 1 saturated heterocycles. The van der Waals surface area contributed by atoms with Crippen molar-refractivity contribution in [2.45, 2.75) is 53.5 Å². The van der Waals surface area contributed by atoms with E-state index in [-0.39, 0.29) is 12.6 Å². The number of aryl methyl sites for hydroxylation is 1. The molecule has 2 aromatic heterocycles. The summed E-state index contributed by atoms with van der Waals surface area (Å²) < 4.78 is 55.5. The van der Waals surface area contributed by atoms with E-state index in [0.29, 0.717) is 21.4 Å². The van der Waals surface area contributed by atoms with Gasteiger partial charge in [-0.1, -0.05) is 19.4 Å². The van der Waals surface area contributed by atoms with Gasteiger partial charge in [-0.15, -0.1) is 22.7 Å². The summed E-state index contributed by atoms with van der Waals surface area (Å²) in [6.07, 6.45) is 3.82. The molecular formula is C17H24N2O4S4. The number of rotatable bonds is 8. The minimum atomic E-state index is -3.54. The van der Waals surface area contributed by atoms with Crippen molar-refractivity contribution in [1.82, 2.24) is 9.03 Å². The molecule has 2 aromatic rings. The molecule has 1 aliphatic rings. The number of sulfonamides is 2. The van der Waals surface area contributed by atoms with Gasteiger partial charge in [0.15, 0.2) is 0 Å². The molecule has 0 amide bonds. The zero-order valence-corrected chi connectivity index (χ0v) is 18.4. The second-order valence-electron chi connectivity index (χ2n) is 6.46. The van der Waals surface area contributed by atoms with Gasteiger partial charge in [-0.2, -0.15) is 4.31 Å². The number of nitrogens with one attached hydrogen (secondary N) is 1. The second kappa shape index (κ2) is 8.71. The lowest BCUT2D eigenvalue weighted by atomic mass is 10.0. The van der Waals surface area contributed by atoms with E-state index in [0.717, 1.165) is 30.6 Å². The van der Waals surface area contributed by atoms with Gasteiger partial charge in [0, 0.05) is 24.0 Å². The van der Waals surface area contributed by atoms with Gasteiger partial charge in [-0.25, -0.2) is 21.6 Å². The summed E-state index contributed by atoms with van der Waals surface area (Å²) in [6, 6.07) is 6.63. The van der Waals surface area contributed by atoms with E-state index in [4.69, 9.17) is 0 Å². The molecule has 1 atom stereocenters. The molecule has 6 nitrogen and oxygen atoms in total. The summed E-state index contributed by atoms with van der Waals surface area (Å²) in [4.78, 5) is 1.02. The van der Waals surface area contributed by atoms with Gasteiger partial charge in [-0.3, -0.25) is 0 Å². The summed E-state index contributed by atoms with van der Waals surface area (Å²) in [5.41, 5.74) is 0. The first kappa shape index (κ1) is 20.9. The van der Waals surface area contributed by atoms with Crippen LogP contribution in [0, 0.1) is 0 Å². The highest BCUT2D eigenvalue weighted by Gasteiger charge is 2.34. The van der Waals surface area contributed by atoms with Gasteiger partial charge in [0.05, 0.1) is 0 Å². The van der Waals surface area contributed by atoms with Gasteiger partial charge in [0.25, 0.3) is 10.0 Å². The van der Waals surface area contributed by atoms with E-state index in [1.807, 2.05) is 13.0 Å². The highest BCUT2D eigenvalue weighted by Crippen LogP contribution is 2.29. The molecular weight excluding hydrogens is 424 g/mol. The van der Waals surface area contributed by atoms with Crippen LogP contribution in [0.2, 0.25) is 0 Å². The molecule has 3 heterocycles. The molecule has 3 rings (SSSR count). The minimum absolute atomic E-state index is 0.178. The first-order chi connectivity index (χ1) is 12.8. The maximum atomic E-state index is 12.9. The van der Waals surface area contributed by atoms with E-state index in [1.54, 1.807) is 27.9 Å². The number of piperidine rings is 1. The lowest BCUT2D eigenvalue weighted by Crippen LogP contribution is -2.44. The van der Waals surface area contributed by atoms with Gasteiger partial charge < -0.3 is 0 Å². The molecule has 0 bridgehead atoms. The Bertz CT molecular complexity index is 949. The van der Waals surface area contributed by atoms with Crippen molar-refractivity contribution in [2.24, 2.45) is 0 Å². The Morgan fingerprint density at radius 2 is 1.96 bits per heavy atom. The zero-order chi connectivity index (χ0) is 19.5. The lowest BCUT2D eigenvalue weighted by molar-refractivity contribution is 0.242. The van der Waals surface area contributed by atoms with E-state index < -0.39 is 20.0 Å². The summed E-state index contributed by atoms with van der Waals surface area (Å²) in [6.45, 7) is 2.70. The molecule has 0 saturated carbocycles. The third-order valence-electron chi connectivity index (χ3n) is 4.65. The molecule has 0 aliphatic carbocycles. The van der Waals surface area contributed by atoms with Crippen LogP contribution in [0.5, 0.6) is 0 Å². The van der Waals surface area contributed by atoms with Crippen molar-refractivity contribution in [3.8, 4) is 0 Å². The molecule has 27 heavy (non-hydrogen) atoms. The highest BCUT2D eigenvalue weighted by molar-refractivity contribution is 7.91. The van der Waals surface area contributed by atoms with Crippen LogP contribution in [0.25, 0.3) is 0 Å². The topological polar surface area (TPSA) is 83.6 Å².